The SMILES string of the molecule is Cc1cc(Nc2ncnc3ccc(OCCBr)cc23)ccc1OCc1ccccn1. The predicted molar refractivity (Wildman–Crippen MR) is 122 cm³/mol. The van der Waals surface area contributed by atoms with Gasteiger partial charge in [-0.05, 0) is 61.0 Å². The summed E-state index contributed by atoms with van der Waals surface area (Å²) in [6.45, 7) is 3.05. The number of halogens is 1. The predicted octanol–water partition coefficient (Wildman–Crippen LogP) is 5.43. The van der Waals surface area contributed by atoms with Crippen molar-refractivity contribution in [3.63, 3.8) is 0 Å². The van der Waals surface area contributed by atoms with E-state index in [0.717, 1.165) is 50.5 Å². The Bertz CT molecular complexity index is 1140. The lowest BCUT2D eigenvalue weighted by molar-refractivity contribution is 0.299. The Hall–Kier alpha value is -3.19. The maximum absolute atomic E-state index is 5.92. The molecule has 0 unspecified atom stereocenters. The van der Waals surface area contributed by atoms with E-state index in [0.29, 0.717) is 13.2 Å². The number of nitrogens with one attached hydrogen (secondary N) is 1. The number of aromatic nitrogens is 3. The summed E-state index contributed by atoms with van der Waals surface area (Å²) < 4.78 is 11.6. The molecule has 4 aromatic rings. The van der Waals surface area contributed by atoms with Crippen molar-refractivity contribution in [3.05, 3.63) is 78.4 Å². The van der Waals surface area contributed by atoms with E-state index in [1.165, 1.54) is 0 Å². The second kappa shape index (κ2) is 9.54. The van der Waals surface area contributed by atoms with Crippen LogP contribution < -0.4 is 14.8 Å². The Morgan fingerprint density at radius 1 is 0.967 bits per heavy atom. The van der Waals surface area contributed by atoms with Crippen molar-refractivity contribution in [2.75, 3.05) is 17.3 Å². The summed E-state index contributed by atoms with van der Waals surface area (Å²) in [5.41, 5.74) is 3.69. The van der Waals surface area contributed by atoms with Crippen LogP contribution in [0.25, 0.3) is 10.9 Å². The zero-order chi connectivity index (χ0) is 20.8. The number of alkyl halides is 1. The molecule has 2 aromatic carbocycles. The molecule has 6 nitrogen and oxygen atoms in total. The van der Waals surface area contributed by atoms with Gasteiger partial charge >= 0.3 is 0 Å². The number of fused-ring (bicyclic) bond motifs is 1. The first kappa shape index (κ1) is 20.1. The van der Waals surface area contributed by atoms with Crippen LogP contribution >= 0.6 is 15.9 Å². The zero-order valence-corrected chi connectivity index (χ0v) is 18.1. The van der Waals surface area contributed by atoms with Crippen LogP contribution in [0.3, 0.4) is 0 Å². The maximum Gasteiger partial charge on any atom is 0.141 e. The molecule has 1 N–H and O–H groups in total. The summed E-state index contributed by atoms with van der Waals surface area (Å²) in [6.07, 6.45) is 3.32. The van der Waals surface area contributed by atoms with E-state index in [1.54, 1.807) is 12.5 Å². The number of ether oxygens (including phenoxy) is 2. The highest BCUT2D eigenvalue weighted by molar-refractivity contribution is 9.09. The van der Waals surface area contributed by atoms with Crippen molar-refractivity contribution in [2.45, 2.75) is 13.5 Å². The highest BCUT2D eigenvalue weighted by Gasteiger charge is 2.08. The Morgan fingerprint density at radius 2 is 1.90 bits per heavy atom. The minimum absolute atomic E-state index is 0.433. The lowest BCUT2D eigenvalue weighted by Gasteiger charge is -2.13. The molecular formula is C23H21BrN4O2. The van der Waals surface area contributed by atoms with Crippen LogP contribution in [-0.2, 0) is 6.61 Å². The number of benzene rings is 2. The molecule has 0 bridgehead atoms. The van der Waals surface area contributed by atoms with Crippen molar-refractivity contribution in [1.29, 1.82) is 0 Å². The third-order valence-electron chi connectivity index (χ3n) is 4.49. The van der Waals surface area contributed by atoms with Crippen molar-refractivity contribution in [2.24, 2.45) is 0 Å². The summed E-state index contributed by atoms with van der Waals surface area (Å²) >= 11 is 3.38. The Morgan fingerprint density at radius 3 is 2.70 bits per heavy atom. The molecule has 0 amide bonds. The van der Waals surface area contributed by atoms with Crippen molar-refractivity contribution in [1.82, 2.24) is 15.0 Å². The van der Waals surface area contributed by atoms with Crippen molar-refractivity contribution < 1.29 is 9.47 Å². The summed E-state index contributed by atoms with van der Waals surface area (Å²) in [7, 11) is 0. The molecule has 7 heteroatoms. The van der Waals surface area contributed by atoms with Crippen LogP contribution in [0.2, 0.25) is 0 Å². The van der Waals surface area contributed by atoms with Gasteiger partial charge in [0.05, 0.1) is 17.8 Å². The molecule has 0 saturated heterocycles. The first-order chi connectivity index (χ1) is 14.7. The topological polar surface area (TPSA) is 69.2 Å². The third-order valence-corrected chi connectivity index (χ3v) is 4.82. The highest BCUT2D eigenvalue weighted by atomic mass is 79.9. The number of hydrogen-bond acceptors (Lipinski definition) is 6. The van der Waals surface area contributed by atoms with Gasteiger partial charge in [0, 0.05) is 22.6 Å². The van der Waals surface area contributed by atoms with Gasteiger partial charge in [-0.2, -0.15) is 0 Å². The molecule has 152 valence electrons. The fraction of sp³-hybridized carbons (Fsp3) is 0.174. The molecule has 2 aromatic heterocycles. The molecule has 0 fully saturated rings. The van der Waals surface area contributed by atoms with E-state index in [4.69, 9.17) is 9.47 Å². The Labute approximate surface area is 183 Å². The number of nitrogens with zero attached hydrogens (tertiary/aromatic N) is 3. The van der Waals surface area contributed by atoms with Gasteiger partial charge in [-0.1, -0.05) is 22.0 Å². The van der Waals surface area contributed by atoms with E-state index < -0.39 is 0 Å². The van der Waals surface area contributed by atoms with Crippen LogP contribution in [-0.4, -0.2) is 26.9 Å². The van der Waals surface area contributed by atoms with Gasteiger partial charge in [0.25, 0.3) is 0 Å². The summed E-state index contributed by atoms with van der Waals surface area (Å²) in [4.78, 5) is 13.1. The molecular weight excluding hydrogens is 444 g/mol. The van der Waals surface area contributed by atoms with Gasteiger partial charge in [0.1, 0.15) is 30.3 Å². The fourth-order valence-electron chi connectivity index (χ4n) is 3.04. The summed E-state index contributed by atoms with van der Waals surface area (Å²) in [6, 6.07) is 17.6. The largest absolute Gasteiger partial charge is 0.493 e. The normalized spacial score (nSPS) is 10.7. The van der Waals surface area contributed by atoms with E-state index in [-0.39, 0.29) is 0 Å². The average Bonchev–Trinajstić information content (AvgIpc) is 2.78. The Kier molecular flexibility index (Phi) is 6.39. The monoisotopic (exact) mass is 464 g/mol. The third kappa shape index (κ3) is 4.86. The molecule has 0 atom stereocenters. The minimum Gasteiger partial charge on any atom is -0.493 e. The summed E-state index contributed by atoms with van der Waals surface area (Å²) in [5.74, 6) is 2.34. The molecule has 0 spiro atoms. The van der Waals surface area contributed by atoms with Crippen LogP contribution in [0.5, 0.6) is 11.5 Å². The molecule has 0 aliphatic carbocycles. The summed E-state index contributed by atoms with van der Waals surface area (Å²) in [5, 5.41) is 5.06. The molecule has 0 saturated carbocycles. The highest BCUT2D eigenvalue weighted by Crippen LogP contribution is 2.29. The van der Waals surface area contributed by atoms with Gasteiger partial charge < -0.3 is 14.8 Å². The molecule has 4 rings (SSSR count). The number of aryl methyl sites for hydroxylation is 1. The number of pyridine rings is 1. The second-order valence-corrected chi connectivity index (χ2v) is 7.45. The van der Waals surface area contributed by atoms with E-state index >= 15 is 0 Å². The van der Waals surface area contributed by atoms with Gasteiger partial charge in [-0.3, -0.25) is 4.98 Å². The Balaban J connectivity index is 1.52. The van der Waals surface area contributed by atoms with Gasteiger partial charge in [-0.15, -0.1) is 0 Å². The number of anilines is 2. The van der Waals surface area contributed by atoms with Crippen LogP contribution in [0.1, 0.15) is 11.3 Å². The fourth-order valence-corrected chi connectivity index (χ4v) is 3.20. The minimum atomic E-state index is 0.433. The van der Waals surface area contributed by atoms with Crippen molar-refractivity contribution >= 4 is 38.3 Å². The standard InChI is InChI=1S/C23H21BrN4O2/c1-16-12-17(5-8-22(16)30-14-18-4-2-3-10-25-18)28-23-20-13-19(29-11-9-24)6-7-21(20)26-15-27-23/h2-8,10,12-13,15H,9,11,14H2,1H3,(H,26,27,28). The second-order valence-electron chi connectivity index (χ2n) is 6.65. The first-order valence-electron chi connectivity index (χ1n) is 9.57. The van der Waals surface area contributed by atoms with Gasteiger partial charge in [0.15, 0.2) is 0 Å². The number of hydrogen-bond donors (Lipinski definition) is 1. The lowest BCUT2D eigenvalue weighted by Crippen LogP contribution is -2.01. The van der Waals surface area contributed by atoms with E-state index in [1.807, 2.05) is 61.5 Å². The van der Waals surface area contributed by atoms with Crippen LogP contribution in [0, 0.1) is 6.92 Å². The van der Waals surface area contributed by atoms with E-state index in [2.05, 4.69) is 36.2 Å². The molecule has 2 heterocycles. The first-order valence-corrected chi connectivity index (χ1v) is 10.7. The van der Waals surface area contributed by atoms with E-state index in [9.17, 15) is 0 Å². The van der Waals surface area contributed by atoms with Gasteiger partial charge in [0.2, 0.25) is 0 Å². The average molecular weight is 465 g/mol. The smallest absolute Gasteiger partial charge is 0.141 e. The molecule has 30 heavy (non-hydrogen) atoms. The molecule has 0 aliphatic heterocycles. The van der Waals surface area contributed by atoms with Crippen LogP contribution in [0.15, 0.2) is 67.1 Å². The molecule has 0 aliphatic rings. The van der Waals surface area contributed by atoms with Crippen LogP contribution in [0.4, 0.5) is 11.5 Å². The van der Waals surface area contributed by atoms with Crippen molar-refractivity contribution in [3.8, 4) is 11.5 Å². The lowest BCUT2D eigenvalue weighted by atomic mass is 10.2. The molecule has 0 radical (unpaired) electrons. The number of rotatable bonds is 8. The quantitative estimate of drug-likeness (QED) is 0.350. The maximum atomic E-state index is 5.92. The van der Waals surface area contributed by atoms with Gasteiger partial charge in [-0.25, -0.2) is 9.97 Å². The zero-order valence-electron chi connectivity index (χ0n) is 16.5.